The predicted molar refractivity (Wildman–Crippen MR) is 84.2 cm³/mol. The third kappa shape index (κ3) is 2.73. The van der Waals surface area contributed by atoms with Crippen molar-refractivity contribution in [1.82, 2.24) is 4.98 Å². The van der Waals surface area contributed by atoms with E-state index in [-0.39, 0.29) is 10.5 Å². The Morgan fingerprint density at radius 3 is 2.85 bits per heavy atom. The van der Waals surface area contributed by atoms with Crippen molar-refractivity contribution in [2.24, 2.45) is 0 Å². The fourth-order valence-electron chi connectivity index (χ4n) is 2.22. The fourth-order valence-corrected chi connectivity index (χ4v) is 2.38. The monoisotopic (exact) mass is 291 g/mol. The number of methoxy groups -OCH3 is 1. The number of hydrogen-bond acceptors (Lipinski definition) is 2. The van der Waals surface area contributed by atoms with Crippen LogP contribution in [-0.2, 0) is 4.74 Å². The second kappa shape index (κ2) is 6.14. The summed E-state index contributed by atoms with van der Waals surface area (Å²) in [6.45, 7) is 4.07. The molecule has 0 aliphatic carbocycles. The molecule has 0 bridgehead atoms. The minimum absolute atomic E-state index is 0.156. The lowest BCUT2D eigenvalue weighted by Gasteiger charge is -2.10. The maximum atomic E-state index is 12.1. The van der Waals surface area contributed by atoms with E-state index in [1.807, 2.05) is 25.1 Å². The summed E-state index contributed by atoms with van der Waals surface area (Å²) in [5.74, 6) is 0.788. The average molecular weight is 292 g/mol. The zero-order chi connectivity index (χ0) is 14.7. The van der Waals surface area contributed by atoms with Gasteiger partial charge in [-0.3, -0.25) is 4.79 Å². The van der Waals surface area contributed by atoms with Gasteiger partial charge >= 0.3 is 0 Å². The van der Waals surface area contributed by atoms with Crippen molar-refractivity contribution in [2.45, 2.75) is 26.7 Å². The lowest BCUT2D eigenvalue weighted by molar-refractivity contribution is 0.368. The third-order valence-electron chi connectivity index (χ3n) is 3.26. The van der Waals surface area contributed by atoms with Gasteiger partial charge in [0.25, 0.3) is 0 Å². The molecule has 2 aromatic rings. The normalized spacial score (nSPS) is 11.9. The summed E-state index contributed by atoms with van der Waals surface area (Å²) in [7, 11) is 1.64. The Bertz CT molecular complexity index is 716. The van der Waals surface area contributed by atoms with E-state index < -0.39 is 0 Å². The van der Waals surface area contributed by atoms with Crippen molar-refractivity contribution >= 4 is 28.3 Å². The van der Waals surface area contributed by atoms with Crippen LogP contribution in [0.5, 0.6) is 0 Å². The van der Waals surface area contributed by atoms with Gasteiger partial charge in [-0.05, 0) is 37.1 Å². The van der Waals surface area contributed by atoms with Crippen molar-refractivity contribution in [3.05, 3.63) is 50.8 Å². The van der Waals surface area contributed by atoms with Crippen molar-refractivity contribution in [2.75, 3.05) is 7.11 Å². The SMILES string of the molecule is CCC/C=C(/OC)c1cc(C)c2[nH]cc(Cl)c(=O)c2c1. The second-order valence-electron chi connectivity index (χ2n) is 4.74. The van der Waals surface area contributed by atoms with Crippen LogP contribution in [-0.4, -0.2) is 12.1 Å². The molecule has 0 saturated heterocycles. The number of pyridine rings is 1. The van der Waals surface area contributed by atoms with Gasteiger partial charge in [-0.2, -0.15) is 0 Å². The Morgan fingerprint density at radius 1 is 1.45 bits per heavy atom. The van der Waals surface area contributed by atoms with Crippen LogP contribution in [0.25, 0.3) is 16.7 Å². The van der Waals surface area contributed by atoms with Crippen LogP contribution in [0.1, 0.15) is 30.9 Å². The predicted octanol–water partition coefficient (Wildman–Crippen LogP) is 4.28. The molecule has 0 amide bonds. The Morgan fingerprint density at radius 2 is 2.20 bits per heavy atom. The summed E-state index contributed by atoms with van der Waals surface area (Å²) in [5.41, 5.74) is 2.55. The number of aromatic nitrogens is 1. The van der Waals surface area contributed by atoms with Gasteiger partial charge in [-0.15, -0.1) is 0 Å². The summed E-state index contributed by atoms with van der Waals surface area (Å²) in [6.07, 6.45) is 5.56. The summed E-state index contributed by atoms with van der Waals surface area (Å²) in [6, 6.07) is 3.84. The van der Waals surface area contributed by atoms with Gasteiger partial charge in [-0.25, -0.2) is 0 Å². The molecule has 0 radical (unpaired) electrons. The first-order chi connectivity index (χ1) is 9.58. The third-order valence-corrected chi connectivity index (χ3v) is 3.54. The van der Waals surface area contributed by atoms with Crippen LogP contribution >= 0.6 is 11.6 Å². The first-order valence-corrected chi connectivity index (χ1v) is 7.02. The Labute approximate surface area is 123 Å². The van der Waals surface area contributed by atoms with Crippen LogP contribution in [0.3, 0.4) is 0 Å². The maximum absolute atomic E-state index is 12.1. The van der Waals surface area contributed by atoms with E-state index in [1.165, 1.54) is 6.20 Å². The first-order valence-electron chi connectivity index (χ1n) is 6.64. The van der Waals surface area contributed by atoms with Crippen molar-refractivity contribution in [3.63, 3.8) is 0 Å². The van der Waals surface area contributed by atoms with Crippen molar-refractivity contribution < 1.29 is 4.74 Å². The van der Waals surface area contributed by atoms with Gasteiger partial charge < -0.3 is 9.72 Å². The van der Waals surface area contributed by atoms with E-state index in [0.717, 1.165) is 35.2 Å². The molecule has 1 aromatic carbocycles. The molecule has 106 valence electrons. The molecular weight excluding hydrogens is 274 g/mol. The highest BCUT2D eigenvalue weighted by molar-refractivity contribution is 6.31. The van der Waals surface area contributed by atoms with E-state index in [4.69, 9.17) is 16.3 Å². The standard InChI is InChI=1S/C16H18ClNO2/c1-4-5-6-14(20-3)11-7-10(2)15-12(8-11)16(19)13(17)9-18-15/h6-9H,4-5H2,1-3H3,(H,18,19)/b14-6+. The number of H-pyrrole nitrogens is 1. The highest BCUT2D eigenvalue weighted by Crippen LogP contribution is 2.23. The Balaban J connectivity index is 2.67. The first kappa shape index (κ1) is 14.7. The lowest BCUT2D eigenvalue weighted by atomic mass is 10.0. The molecular formula is C16H18ClNO2. The molecule has 3 nitrogen and oxygen atoms in total. The lowest BCUT2D eigenvalue weighted by Crippen LogP contribution is -2.05. The summed E-state index contributed by atoms with van der Waals surface area (Å²) < 4.78 is 5.43. The van der Waals surface area contributed by atoms with Crippen LogP contribution in [0, 0.1) is 6.92 Å². The number of allylic oxidation sites excluding steroid dienone is 1. The molecule has 2 rings (SSSR count). The van der Waals surface area contributed by atoms with Crippen molar-refractivity contribution in [3.8, 4) is 0 Å². The molecule has 0 unspecified atom stereocenters. The van der Waals surface area contributed by atoms with E-state index in [9.17, 15) is 4.79 Å². The quantitative estimate of drug-likeness (QED) is 0.855. The van der Waals surface area contributed by atoms with Crippen molar-refractivity contribution in [1.29, 1.82) is 0 Å². The molecule has 0 fully saturated rings. The minimum Gasteiger partial charge on any atom is -0.496 e. The summed E-state index contributed by atoms with van der Waals surface area (Å²) >= 11 is 5.90. The number of hydrogen-bond donors (Lipinski definition) is 1. The van der Waals surface area contributed by atoms with Gasteiger partial charge in [0, 0.05) is 17.1 Å². The molecule has 0 spiro atoms. The summed E-state index contributed by atoms with van der Waals surface area (Å²) in [4.78, 5) is 15.2. The van der Waals surface area contributed by atoms with Crippen LogP contribution in [0.2, 0.25) is 5.02 Å². The second-order valence-corrected chi connectivity index (χ2v) is 5.15. The van der Waals surface area contributed by atoms with Gasteiger partial charge in [0.15, 0.2) is 0 Å². The number of halogens is 1. The largest absolute Gasteiger partial charge is 0.496 e. The van der Waals surface area contributed by atoms with E-state index in [0.29, 0.717) is 5.39 Å². The van der Waals surface area contributed by atoms with E-state index in [2.05, 4.69) is 11.9 Å². The number of aromatic amines is 1. The molecule has 1 N–H and O–H groups in total. The number of benzene rings is 1. The zero-order valence-electron chi connectivity index (χ0n) is 11.9. The van der Waals surface area contributed by atoms with Crippen LogP contribution in [0.4, 0.5) is 0 Å². The fraction of sp³-hybridized carbons (Fsp3) is 0.312. The maximum Gasteiger partial charge on any atom is 0.207 e. The minimum atomic E-state index is -0.156. The number of ether oxygens (including phenoxy) is 1. The molecule has 0 saturated carbocycles. The molecule has 1 heterocycles. The number of fused-ring (bicyclic) bond motifs is 1. The topological polar surface area (TPSA) is 42.1 Å². The van der Waals surface area contributed by atoms with Crippen LogP contribution < -0.4 is 5.43 Å². The Hall–Kier alpha value is -1.74. The molecule has 1 aromatic heterocycles. The smallest absolute Gasteiger partial charge is 0.207 e. The number of rotatable bonds is 4. The Kier molecular flexibility index (Phi) is 4.50. The average Bonchev–Trinajstić information content (AvgIpc) is 2.44. The number of aryl methyl sites for hydroxylation is 1. The van der Waals surface area contributed by atoms with Gasteiger partial charge in [0.1, 0.15) is 10.8 Å². The zero-order valence-corrected chi connectivity index (χ0v) is 12.7. The van der Waals surface area contributed by atoms with Gasteiger partial charge in [0.05, 0.1) is 12.6 Å². The molecule has 0 aliphatic rings. The molecule has 20 heavy (non-hydrogen) atoms. The summed E-state index contributed by atoms with van der Waals surface area (Å²) in [5, 5.41) is 0.789. The number of unbranched alkanes of at least 4 members (excludes halogenated alkanes) is 1. The van der Waals surface area contributed by atoms with Crippen LogP contribution in [0.15, 0.2) is 29.2 Å². The molecule has 0 aliphatic heterocycles. The number of nitrogens with one attached hydrogen (secondary N) is 1. The molecule has 0 atom stereocenters. The highest BCUT2D eigenvalue weighted by atomic mass is 35.5. The van der Waals surface area contributed by atoms with E-state index >= 15 is 0 Å². The molecule has 4 heteroatoms. The highest BCUT2D eigenvalue weighted by Gasteiger charge is 2.10. The van der Waals surface area contributed by atoms with E-state index in [1.54, 1.807) is 7.11 Å². The van der Waals surface area contributed by atoms with Gasteiger partial charge in [0.2, 0.25) is 5.43 Å². The van der Waals surface area contributed by atoms with Gasteiger partial charge in [-0.1, -0.05) is 24.9 Å².